The van der Waals surface area contributed by atoms with E-state index in [-0.39, 0.29) is 5.05 Å². The summed E-state index contributed by atoms with van der Waals surface area (Å²) in [5.74, 6) is 0. The highest BCUT2D eigenvalue weighted by atomic mass is 32.2. The Bertz CT molecular complexity index is 82.7. The van der Waals surface area contributed by atoms with Gasteiger partial charge in [-0.25, -0.2) is 0 Å². The van der Waals surface area contributed by atoms with Crippen LogP contribution in [0.3, 0.4) is 0 Å². The Morgan fingerprint density at radius 2 is 1.86 bits per heavy atom. The first-order valence-electron chi connectivity index (χ1n) is 1.62. The molecular weight excluding hydrogens is 148 g/mol. The van der Waals surface area contributed by atoms with Crippen molar-refractivity contribution in [2.45, 2.75) is 11.0 Å². The number of hydrogen-bond donors (Lipinski definition) is 3. The summed E-state index contributed by atoms with van der Waals surface area (Å²) in [6, 6.07) is 0. The van der Waals surface area contributed by atoms with Gasteiger partial charge in [0, 0.05) is 0 Å². The van der Waals surface area contributed by atoms with Crippen LogP contribution in [0.2, 0.25) is 0 Å². The van der Waals surface area contributed by atoms with Gasteiger partial charge in [-0.05, 0) is 19.1 Å². The molecule has 0 saturated carbocycles. The summed E-state index contributed by atoms with van der Waals surface area (Å²) >= 11 is 12.0. The molecule has 0 unspecified atom stereocenters. The highest BCUT2D eigenvalue weighted by Crippen LogP contribution is 2.18. The molecule has 4 heteroatoms. The van der Waals surface area contributed by atoms with E-state index in [9.17, 15) is 0 Å². The number of thiocarbonyl (C=S) groups is 1. The van der Waals surface area contributed by atoms with Crippen molar-refractivity contribution >= 4 is 42.5 Å². The maximum atomic E-state index is 8.47. The van der Waals surface area contributed by atoms with Crippen LogP contribution in [0.5, 0.6) is 0 Å². The van der Waals surface area contributed by atoms with Crippen LogP contribution < -0.4 is 0 Å². The van der Waals surface area contributed by atoms with Crippen LogP contribution in [0.25, 0.3) is 0 Å². The lowest BCUT2D eigenvalue weighted by molar-refractivity contribution is 0.551. The minimum absolute atomic E-state index is 0.195. The summed E-state index contributed by atoms with van der Waals surface area (Å²) in [5.41, 5.74) is 0. The zero-order chi connectivity index (χ0) is 6.08. The third-order valence-electron chi connectivity index (χ3n) is 0.405. The Morgan fingerprint density at radius 3 is 1.86 bits per heavy atom. The van der Waals surface area contributed by atoms with Crippen molar-refractivity contribution in [1.82, 2.24) is 0 Å². The van der Waals surface area contributed by atoms with E-state index in [1.165, 1.54) is 0 Å². The Balaban J connectivity index is 3.79. The highest BCUT2D eigenvalue weighted by molar-refractivity contribution is 8.03. The molecule has 42 valence electrons. The van der Waals surface area contributed by atoms with Crippen LogP contribution in [-0.4, -0.2) is 14.2 Å². The predicted molar refractivity (Wildman–Crippen MR) is 41.6 cm³/mol. The van der Waals surface area contributed by atoms with Gasteiger partial charge in [-0.15, -0.1) is 0 Å². The molecule has 7 heavy (non-hydrogen) atoms. The summed E-state index contributed by atoms with van der Waals surface area (Å²) in [5, 5.41) is 8.27. The van der Waals surface area contributed by atoms with E-state index >= 15 is 0 Å². The minimum atomic E-state index is -0.824. The average Bonchev–Trinajstić information content (AvgIpc) is 1.31. The van der Waals surface area contributed by atoms with E-state index in [0.29, 0.717) is 0 Å². The molecule has 1 nitrogen and oxygen atoms in total. The van der Waals surface area contributed by atoms with E-state index in [2.05, 4.69) is 37.5 Å². The van der Waals surface area contributed by atoms with Crippen molar-refractivity contribution in [2.75, 3.05) is 0 Å². The molecule has 0 radical (unpaired) electrons. The first-order chi connectivity index (χ1) is 2.94. The van der Waals surface area contributed by atoms with Crippen LogP contribution in [0, 0.1) is 0 Å². The van der Waals surface area contributed by atoms with E-state index in [1.54, 1.807) is 6.92 Å². The number of thiol groups is 2. The molecule has 0 aliphatic rings. The molecule has 1 N–H and O–H groups in total. The van der Waals surface area contributed by atoms with Crippen LogP contribution in [0.4, 0.5) is 0 Å². The topological polar surface area (TPSA) is 20.2 Å². The third kappa shape index (κ3) is 3.20. The molecule has 0 heterocycles. The number of aliphatic hydroxyl groups is 1. The molecular formula is C3H6OS3. The molecule has 0 aromatic heterocycles. The molecule has 0 aliphatic carbocycles. The second kappa shape index (κ2) is 2.24. The van der Waals surface area contributed by atoms with Crippen LogP contribution in [0.1, 0.15) is 6.92 Å². The summed E-state index contributed by atoms with van der Waals surface area (Å²) in [6.45, 7) is 1.60. The first-order valence-corrected chi connectivity index (χ1v) is 2.93. The van der Waals surface area contributed by atoms with Crippen LogP contribution in [-0.2, 0) is 0 Å². The van der Waals surface area contributed by atoms with Crippen molar-refractivity contribution in [3.63, 3.8) is 0 Å². The van der Waals surface area contributed by atoms with Gasteiger partial charge in [-0.3, -0.25) is 0 Å². The molecule has 0 aromatic carbocycles. The lowest BCUT2D eigenvalue weighted by Crippen LogP contribution is -2.18. The fourth-order valence-corrected chi connectivity index (χ4v) is 0. The molecule has 0 saturated heterocycles. The molecule has 0 rings (SSSR count). The Kier molecular flexibility index (Phi) is 2.43. The highest BCUT2D eigenvalue weighted by Gasteiger charge is 2.17. The number of aliphatic hydroxyl groups excluding tert-OH is 1. The maximum absolute atomic E-state index is 8.47. The summed E-state index contributed by atoms with van der Waals surface area (Å²) in [7, 11) is 0. The number of hydrogen-bond acceptors (Lipinski definition) is 3. The van der Waals surface area contributed by atoms with Gasteiger partial charge < -0.3 is 5.11 Å². The van der Waals surface area contributed by atoms with Gasteiger partial charge in [0.05, 0.1) is 0 Å². The predicted octanol–water partition coefficient (Wildman–Crippen LogP) is 1.45. The average molecular weight is 154 g/mol. The zero-order valence-electron chi connectivity index (χ0n) is 3.75. The van der Waals surface area contributed by atoms with Gasteiger partial charge in [0.2, 0.25) is 0 Å². The summed E-state index contributed by atoms with van der Waals surface area (Å²) < 4.78 is -0.824. The Morgan fingerprint density at radius 1 is 1.71 bits per heavy atom. The molecule has 0 amide bonds. The molecule has 0 aromatic rings. The van der Waals surface area contributed by atoms with Crippen molar-refractivity contribution in [3.05, 3.63) is 0 Å². The van der Waals surface area contributed by atoms with Gasteiger partial charge in [0.1, 0.15) is 4.08 Å². The Labute approximate surface area is 58.9 Å². The normalized spacial score (nSPS) is 11.3. The minimum Gasteiger partial charge on any atom is -0.500 e. The van der Waals surface area contributed by atoms with E-state index in [4.69, 9.17) is 5.11 Å². The smallest absolute Gasteiger partial charge is 0.182 e. The fraction of sp³-hybridized carbons (Fsp3) is 0.667. The SMILES string of the molecule is CC(S)(S)C(O)=S. The lowest BCUT2D eigenvalue weighted by atomic mass is 10.5. The standard InChI is InChI=1S/C3H6OS3/c1-3(6,7)2(4)5/h6-7H,1H3,(H,4,5). The second-order valence-corrected chi connectivity index (χ2v) is 3.85. The summed E-state index contributed by atoms with van der Waals surface area (Å²) in [6.07, 6.45) is 0. The van der Waals surface area contributed by atoms with Gasteiger partial charge in [0.15, 0.2) is 5.05 Å². The lowest BCUT2D eigenvalue weighted by Gasteiger charge is -2.10. The van der Waals surface area contributed by atoms with E-state index < -0.39 is 4.08 Å². The van der Waals surface area contributed by atoms with Gasteiger partial charge in [-0.2, -0.15) is 25.3 Å². The van der Waals surface area contributed by atoms with Crippen LogP contribution >= 0.6 is 37.5 Å². The van der Waals surface area contributed by atoms with Crippen molar-refractivity contribution in [3.8, 4) is 0 Å². The van der Waals surface area contributed by atoms with Crippen molar-refractivity contribution in [2.24, 2.45) is 0 Å². The number of rotatable bonds is 1. The van der Waals surface area contributed by atoms with Gasteiger partial charge in [0.25, 0.3) is 0 Å². The van der Waals surface area contributed by atoms with E-state index in [0.717, 1.165) is 0 Å². The van der Waals surface area contributed by atoms with Gasteiger partial charge >= 0.3 is 0 Å². The Hall–Kier alpha value is 0.590. The molecule has 0 atom stereocenters. The van der Waals surface area contributed by atoms with Crippen molar-refractivity contribution < 1.29 is 5.11 Å². The quantitative estimate of drug-likeness (QED) is 0.302. The molecule has 0 spiro atoms. The molecule has 0 fully saturated rings. The summed E-state index contributed by atoms with van der Waals surface area (Å²) in [4.78, 5) is 0. The largest absolute Gasteiger partial charge is 0.500 e. The molecule has 0 aliphatic heterocycles. The maximum Gasteiger partial charge on any atom is 0.182 e. The second-order valence-electron chi connectivity index (χ2n) is 1.33. The third-order valence-corrected chi connectivity index (χ3v) is 1.54. The van der Waals surface area contributed by atoms with Crippen LogP contribution in [0.15, 0.2) is 0 Å². The monoisotopic (exact) mass is 154 g/mol. The zero-order valence-corrected chi connectivity index (χ0v) is 6.36. The van der Waals surface area contributed by atoms with E-state index in [1.807, 2.05) is 0 Å². The van der Waals surface area contributed by atoms with Gasteiger partial charge in [-0.1, -0.05) is 0 Å². The first kappa shape index (κ1) is 7.59. The molecule has 0 bridgehead atoms. The fourth-order valence-electron chi connectivity index (χ4n) is 0. The van der Waals surface area contributed by atoms with Crippen molar-refractivity contribution in [1.29, 1.82) is 0 Å².